The number of para-hydroxylation sites is 1. The molecule has 0 radical (unpaired) electrons. The highest BCUT2D eigenvalue weighted by molar-refractivity contribution is 5.99. The maximum absolute atomic E-state index is 12.7. The average molecular weight is 323 g/mol. The fourth-order valence-corrected chi connectivity index (χ4v) is 4.90. The number of hydrogen-bond donors (Lipinski definition) is 3. The summed E-state index contributed by atoms with van der Waals surface area (Å²) >= 11 is 0. The number of anilines is 1. The van der Waals surface area contributed by atoms with Crippen molar-refractivity contribution < 1.29 is 19.7 Å². The Morgan fingerprint density at radius 1 is 1.00 bits per heavy atom. The van der Waals surface area contributed by atoms with Crippen LogP contribution in [0.5, 0.6) is 11.5 Å². The van der Waals surface area contributed by atoms with E-state index in [1.54, 1.807) is 6.07 Å². The number of nitrogens with one attached hydrogen (secondary N) is 1. The molecule has 2 aromatic carbocycles. The smallest absolute Gasteiger partial charge is 0.344 e. The van der Waals surface area contributed by atoms with Gasteiger partial charge in [-0.25, -0.2) is 4.79 Å². The predicted molar refractivity (Wildman–Crippen MR) is 87.2 cm³/mol. The first-order valence-electron chi connectivity index (χ1n) is 8.25. The third-order valence-corrected chi connectivity index (χ3v) is 5.83. The minimum atomic E-state index is -0.817. The van der Waals surface area contributed by atoms with Gasteiger partial charge < -0.3 is 20.3 Å². The second kappa shape index (κ2) is 4.23. The SMILES string of the molecule is O=C1OC23CCCCC2(c2ccccc2N3)c2ccc(O)c(O)c21. The summed E-state index contributed by atoms with van der Waals surface area (Å²) < 4.78 is 5.92. The van der Waals surface area contributed by atoms with Crippen molar-refractivity contribution in [2.24, 2.45) is 0 Å². The Labute approximate surface area is 138 Å². The van der Waals surface area contributed by atoms with Crippen molar-refractivity contribution >= 4 is 11.7 Å². The Morgan fingerprint density at radius 2 is 1.79 bits per heavy atom. The fourth-order valence-electron chi connectivity index (χ4n) is 4.90. The van der Waals surface area contributed by atoms with Crippen LogP contribution in [0.1, 0.15) is 47.2 Å². The third-order valence-electron chi connectivity index (χ3n) is 5.83. The summed E-state index contributed by atoms with van der Waals surface area (Å²) in [5.41, 5.74) is 1.53. The molecule has 2 heterocycles. The minimum absolute atomic E-state index is 0.0889. The number of rotatable bonds is 0. The normalized spacial score (nSPS) is 29.6. The van der Waals surface area contributed by atoms with E-state index in [2.05, 4.69) is 11.4 Å². The van der Waals surface area contributed by atoms with Crippen molar-refractivity contribution in [1.82, 2.24) is 0 Å². The van der Waals surface area contributed by atoms with Gasteiger partial charge in [-0.3, -0.25) is 0 Å². The monoisotopic (exact) mass is 323 g/mol. The van der Waals surface area contributed by atoms with Crippen LogP contribution in [-0.2, 0) is 10.2 Å². The van der Waals surface area contributed by atoms with E-state index in [1.165, 1.54) is 6.07 Å². The number of benzene rings is 2. The number of phenolic OH excluding ortho intramolecular Hbond substituents is 2. The molecule has 1 fully saturated rings. The molecule has 1 aliphatic carbocycles. The molecule has 0 aromatic heterocycles. The molecular formula is C19H17NO4. The van der Waals surface area contributed by atoms with Crippen LogP contribution >= 0.6 is 0 Å². The second-order valence-electron chi connectivity index (χ2n) is 6.86. The molecule has 1 saturated carbocycles. The van der Waals surface area contributed by atoms with Crippen molar-refractivity contribution in [2.45, 2.75) is 36.8 Å². The molecule has 5 nitrogen and oxygen atoms in total. The molecule has 24 heavy (non-hydrogen) atoms. The number of hydrogen-bond acceptors (Lipinski definition) is 5. The predicted octanol–water partition coefficient (Wildman–Crippen LogP) is 3.25. The van der Waals surface area contributed by atoms with E-state index in [-0.39, 0.29) is 11.3 Å². The fraction of sp³-hybridized carbons (Fsp3) is 0.316. The van der Waals surface area contributed by atoms with Crippen LogP contribution < -0.4 is 5.32 Å². The first-order valence-corrected chi connectivity index (χ1v) is 8.25. The Hall–Kier alpha value is -2.69. The van der Waals surface area contributed by atoms with Crippen LogP contribution in [0.25, 0.3) is 0 Å². The van der Waals surface area contributed by atoms with Gasteiger partial charge in [0.2, 0.25) is 0 Å². The first-order chi connectivity index (χ1) is 11.6. The first kappa shape index (κ1) is 13.7. The van der Waals surface area contributed by atoms with E-state index in [0.29, 0.717) is 6.42 Å². The lowest BCUT2D eigenvalue weighted by atomic mass is 9.59. The molecule has 2 unspecified atom stereocenters. The molecule has 2 aromatic rings. The summed E-state index contributed by atoms with van der Waals surface area (Å²) in [5, 5.41) is 23.6. The summed E-state index contributed by atoms with van der Waals surface area (Å²) in [6, 6.07) is 11.2. The van der Waals surface area contributed by atoms with Gasteiger partial charge in [-0.1, -0.05) is 30.7 Å². The van der Waals surface area contributed by atoms with E-state index in [1.807, 2.05) is 18.2 Å². The minimum Gasteiger partial charge on any atom is -0.504 e. The molecule has 0 bridgehead atoms. The molecule has 2 aliphatic heterocycles. The van der Waals surface area contributed by atoms with Gasteiger partial charge in [0, 0.05) is 12.1 Å². The van der Waals surface area contributed by atoms with Crippen LogP contribution in [0.4, 0.5) is 5.69 Å². The molecule has 5 rings (SSSR count). The largest absolute Gasteiger partial charge is 0.504 e. The molecule has 2 atom stereocenters. The lowest BCUT2D eigenvalue weighted by Crippen LogP contribution is -2.60. The molecule has 3 aliphatic rings. The summed E-state index contributed by atoms with van der Waals surface area (Å²) in [4.78, 5) is 12.7. The van der Waals surface area contributed by atoms with Gasteiger partial charge in [0.15, 0.2) is 17.2 Å². The van der Waals surface area contributed by atoms with Gasteiger partial charge in [0.25, 0.3) is 0 Å². The Balaban J connectivity index is 1.90. The Morgan fingerprint density at radius 3 is 2.67 bits per heavy atom. The number of phenols is 2. The van der Waals surface area contributed by atoms with E-state index >= 15 is 0 Å². The summed E-state index contributed by atoms with van der Waals surface area (Å²) in [7, 11) is 0. The van der Waals surface area contributed by atoms with Crippen LogP contribution in [0.2, 0.25) is 0 Å². The molecular weight excluding hydrogens is 306 g/mol. The van der Waals surface area contributed by atoms with Crippen LogP contribution in [-0.4, -0.2) is 21.9 Å². The third kappa shape index (κ3) is 1.35. The Bertz CT molecular complexity index is 893. The zero-order valence-electron chi connectivity index (χ0n) is 13.0. The van der Waals surface area contributed by atoms with Gasteiger partial charge >= 0.3 is 5.97 Å². The van der Waals surface area contributed by atoms with E-state index in [4.69, 9.17) is 4.74 Å². The number of carbonyl (C=O) groups is 1. The molecule has 0 amide bonds. The van der Waals surface area contributed by atoms with Crippen molar-refractivity contribution in [2.75, 3.05) is 5.32 Å². The van der Waals surface area contributed by atoms with Crippen LogP contribution in [0.15, 0.2) is 36.4 Å². The topological polar surface area (TPSA) is 78.8 Å². The number of aromatic hydroxyl groups is 2. The maximum atomic E-state index is 12.7. The summed E-state index contributed by atoms with van der Waals surface area (Å²) in [6.45, 7) is 0. The maximum Gasteiger partial charge on any atom is 0.344 e. The molecule has 122 valence electrons. The zero-order chi connectivity index (χ0) is 16.5. The summed E-state index contributed by atoms with van der Waals surface area (Å²) in [5.74, 6) is -1.28. The Kier molecular flexibility index (Phi) is 2.42. The van der Waals surface area contributed by atoms with Crippen molar-refractivity contribution in [3.8, 4) is 11.5 Å². The quantitative estimate of drug-likeness (QED) is 0.512. The lowest BCUT2D eigenvalue weighted by Gasteiger charge is -2.51. The van der Waals surface area contributed by atoms with E-state index in [0.717, 1.165) is 36.1 Å². The molecule has 3 N–H and O–H groups in total. The van der Waals surface area contributed by atoms with Gasteiger partial charge in [0.1, 0.15) is 5.56 Å². The highest BCUT2D eigenvalue weighted by Crippen LogP contribution is 2.62. The highest BCUT2D eigenvalue weighted by Gasteiger charge is 2.66. The molecule has 0 spiro atoms. The summed E-state index contributed by atoms with van der Waals surface area (Å²) in [6.07, 6.45) is 3.52. The molecule has 0 saturated heterocycles. The number of esters is 1. The number of ether oxygens (including phenoxy) is 1. The number of fused-ring (bicyclic) bond motifs is 2. The van der Waals surface area contributed by atoms with Crippen LogP contribution in [0.3, 0.4) is 0 Å². The lowest BCUT2D eigenvalue weighted by molar-refractivity contribution is -0.0601. The van der Waals surface area contributed by atoms with Gasteiger partial charge in [-0.15, -0.1) is 0 Å². The van der Waals surface area contributed by atoms with Crippen molar-refractivity contribution in [3.63, 3.8) is 0 Å². The number of carbonyl (C=O) groups excluding carboxylic acids is 1. The highest BCUT2D eigenvalue weighted by atomic mass is 16.6. The zero-order valence-corrected chi connectivity index (χ0v) is 13.0. The van der Waals surface area contributed by atoms with E-state index in [9.17, 15) is 15.0 Å². The standard InChI is InChI=1S/C19H17NO4/c21-14-8-7-12-15(16(14)22)17(23)24-19-10-4-3-9-18(12,19)11-5-1-2-6-13(11)20-19/h1-2,5-8,20-22H,3-4,9-10H2. The molecule has 5 heteroatoms. The van der Waals surface area contributed by atoms with E-state index < -0.39 is 22.9 Å². The van der Waals surface area contributed by atoms with Crippen LogP contribution in [0, 0.1) is 0 Å². The van der Waals surface area contributed by atoms with Gasteiger partial charge in [-0.2, -0.15) is 0 Å². The van der Waals surface area contributed by atoms with Gasteiger partial charge in [0.05, 0.1) is 5.41 Å². The average Bonchev–Trinajstić information content (AvgIpc) is 2.88. The van der Waals surface area contributed by atoms with Crippen molar-refractivity contribution in [3.05, 3.63) is 53.1 Å². The van der Waals surface area contributed by atoms with Crippen molar-refractivity contribution in [1.29, 1.82) is 0 Å². The van der Waals surface area contributed by atoms with Gasteiger partial charge in [-0.05, 0) is 36.1 Å². The second-order valence-corrected chi connectivity index (χ2v) is 6.86.